The summed E-state index contributed by atoms with van der Waals surface area (Å²) in [5.41, 5.74) is 1.62. The van der Waals surface area contributed by atoms with Gasteiger partial charge in [0.1, 0.15) is 22.8 Å². The Balaban J connectivity index is 3.36. The molecule has 0 aliphatic heterocycles. The second kappa shape index (κ2) is 7.53. The predicted octanol–water partition coefficient (Wildman–Crippen LogP) is 3.78. The minimum atomic E-state index is -0.00948. The Kier molecular flexibility index (Phi) is 5.72. The highest BCUT2D eigenvalue weighted by molar-refractivity contribution is 5.64. The van der Waals surface area contributed by atoms with Crippen molar-refractivity contribution < 1.29 is 5.11 Å². The Labute approximate surface area is 118 Å². The molecule has 0 aliphatic carbocycles. The van der Waals surface area contributed by atoms with Crippen molar-refractivity contribution in [2.75, 3.05) is 0 Å². The lowest BCUT2D eigenvalue weighted by Gasteiger charge is -2.03. The van der Waals surface area contributed by atoms with Crippen LogP contribution >= 0.6 is 0 Å². The predicted molar refractivity (Wildman–Crippen MR) is 84.7 cm³/mol. The van der Waals surface area contributed by atoms with E-state index in [1.807, 2.05) is 0 Å². The van der Waals surface area contributed by atoms with E-state index in [4.69, 9.17) is 0 Å². The minimum absolute atomic E-state index is 0.00948. The molecule has 0 saturated carbocycles. The van der Waals surface area contributed by atoms with Crippen molar-refractivity contribution >= 4 is 17.8 Å². The van der Waals surface area contributed by atoms with Gasteiger partial charge in [-0.15, -0.1) is 15.0 Å². The summed E-state index contributed by atoms with van der Waals surface area (Å²) in [5.74, 6) is -0.00948. The molecule has 1 aromatic rings. The third-order valence-electron chi connectivity index (χ3n) is 2.28. The summed E-state index contributed by atoms with van der Waals surface area (Å²) in [6.07, 6.45) is 12.8. The molecular weight excluding hydrogens is 250 g/mol. The maximum Gasteiger partial charge on any atom is 0.143 e. The van der Waals surface area contributed by atoms with E-state index in [9.17, 15) is 5.11 Å². The molecule has 0 unspecified atom stereocenters. The van der Waals surface area contributed by atoms with Crippen molar-refractivity contribution in [2.24, 2.45) is 0 Å². The lowest BCUT2D eigenvalue weighted by atomic mass is 10.3. The van der Waals surface area contributed by atoms with Crippen LogP contribution in [0.1, 0.15) is 11.4 Å². The Morgan fingerprint density at radius 2 is 1.60 bits per heavy atom. The summed E-state index contributed by atoms with van der Waals surface area (Å²) in [5, 5.41) is 18.5. The van der Waals surface area contributed by atoms with Crippen molar-refractivity contribution in [1.29, 1.82) is 0 Å². The van der Waals surface area contributed by atoms with E-state index in [0.29, 0.717) is 17.1 Å². The Morgan fingerprint density at radius 1 is 0.950 bits per heavy atom. The normalized spacial score (nSPS) is 12.4. The first kappa shape index (κ1) is 15.2. The lowest BCUT2D eigenvalue weighted by Crippen LogP contribution is -2.04. The second-order valence-corrected chi connectivity index (χ2v) is 3.63. The van der Waals surface area contributed by atoms with Crippen molar-refractivity contribution in [2.45, 2.75) is 0 Å². The van der Waals surface area contributed by atoms with Crippen molar-refractivity contribution in [1.82, 2.24) is 15.0 Å². The maximum atomic E-state index is 9.96. The van der Waals surface area contributed by atoms with Gasteiger partial charge in [0.2, 0.25) is 0 Å². The van der Waals surface area contributed by atoms with Gasteiger partial charge in [-0.3, -0.25) is 0 Å². The topological polar surface area (TPSA) is 50.9 Å². The molecule has 1 rings (SSSR count). The first-order chi connectivity index (χ1) is 9.67. The van der Waals surface area contributed by atoms with Crippen molar-refractivity contribution in [3.8, 4) is 0 Å². The molecule has 1 aromatic heterocycles. The van der Waals surface area contributed by atoms with Gasteiger partial charge in [0.25, 0.3) is 0 Å². The summed E-state index contributed by atoms with van der Waals surface area (Å²) < 4.78 is 0. The Hall–Kier alpha value is -2.88. The molecule has 0 radical (unpaired) electrons. The number of aliphatic hydroxyl groups is 1. The zero-order chi connectivity index (χ0) is 15.0. The second-order valence-electron chi connectivity index (χ2n) is 3.63. The summed E-state index contributed by atoms with van der Waals surface area (Å²) in [7, 11) is 0. The summed E-state index contributed by atoms with van der Waals surface area (Å²) >= 11 is 0. The van der Waals surface area contributed by atoms with Crippen LogP contribution in [0.15, 0.2) is 68.5 Å². The van der Waals surface area contributed by atoms with E-state index >= 15 is 0 Å². The fraction of sp³-hybridized carbons (Fsp3) is 0. The van der Waals surface area contributed by atoms with Gasteiger partial charge in [-0.25, -0.2) is 0 Å². The molecule has 0 saturated heterocycles. The zero-order valence-electron chi connectivity index (χ0n) is 11.2. The summed E-state index contributed by atoms with van der Waals surface area (Å²) in [6.45, 7) is 14.4. The summed E-state index contributed by atoms with van der Waals surface area (Å²) in [4.78, 5) is 1.32. The molecule has 0 spiro atoms. The highest BCUT2D eigenvalue weighted by Crippen LogP contribution is 2.15. The molecule has 0 atom stereocenters. The fourth-order valence-corrected chi connectivity index (χ4v) is 1.42. The highest BCUT2D eigenvalue weighted by Gasteiger charge is 2.11. The Morgan fingerprint density at radius 3 is 2.15 bits per heavy atom. The number of nitrogens with zero attached hydrogens (tertiary/aromatic N) is 3. The number of aromatic nitrogens is 3. The molecule has 102 valence electrons. The largest absolute Gasteiger partial charge is 0.506 e. The SMILES string of the molecule is C=C/C=C\c1nn(C(=C/C=C)/C(O)=C\C=C)nc1C=C. The molecule has 0 aliphatic rings. The van der Waals surface area contributed by atoms with E-state index in [2.05, 4.69) is 36.5 Å². The number of hydrogen-bond donors (Lipinski definition) is 1. The van der Waals surface area contributed by atoms with Crippen LogP contribution in [-0.2, 0) is 0 Å². The van der Waals surface area contributed by atoms with E-state index < -0.39 is 0 Å². The van der Waals surface area contributed by atoms with Gasteiger partial charge in [0, 0.05) is 0 Å². The van der Waals surface area contributed by atoms with Crippen LogP contribution < -0.4 is 0 Å². The van der Waals surface area contributed by atoms with Gasteiger partial charge in [-0.2, -0.15) is 0 Å². The molecule has 1 heterocycles. The van der Waals surface area contributed by atoms with E-state index in [1.165, 1.54) is 16.9 Å². The molecular formula is C16H17N3O. The van der Waals surface area contributed by atoms with E-state index in [1.54, 1.807) is 36.5 Å². The molecule has 1 N–H and O–H groups in total. The van der Waals surface area contributed by atoms with Crippen molar-refractivity contribution in [3.05, 3.63) is 79.9 Å². The smallest absolute Gasteiger partial charge is 0.143 e. The van der Waals surface area contributed by atoms with Gasteiger partial charge in [0.05, 0.1) is 0 Å². The summed E-state index contributed by atoms with van der Waals surface area (Å²) in [6, 6.07) is 0. The van der Waals surface area contributed by atoms with Crippen molar-refractivity contribution in [3.63, 3.8) is 0 Å². The van der Waals surface area contributed by atoms with Gasteiger partial charge in [-0.1, -0.05) is 50.6 Å². The van der Waals surface area contributed by atoms with Crippen LogP contribution in [0.2, 0.25) is 0 Å². The molecule has 0 fully saturated rings. The highest BCUT2D eigenvalue weighted by atomic mass is 16.3. The minimum Gasteiger partial charge on any atom is -0.506 e. The van der Waals surface area contributed by atoms with E-state index in [0.717, 1.165) is 0 Å². The quantitative estimate of drug-likeness (QED) is 0.604. The molecule has 0 bridgehead atoms. The molecule has 4 heteroatoms. The van der Waals surface area contributed by atoms with E-state index in [-0.39, 0.29) is 5.76 Å². The van der Waals surface area contributed by atoms with Crippen LogP contribution in [0.4, 0.5) is 0 Å². The van der Waals surface area contributed by atoms with Crippen LogP contribution in [0.3, 0.4) is 0 Å². The first-order valence-corrected chi connectivity index (χ1v) is 5.92. The maximum absolute atomic E-state index is 9.96. The number of aliphatic hydroxyl groups excluding tert-OH is 1. The zero-order valence-corrected chi connectivity index (χ0v) is 11.2. The van der Waals surface area contributed by atoms with Gasteiger partial charge in [-0.05, 0) is 24.3 Å². The van der Waals surface area contributed by atoms with Gasteiger partial charge >= 0.3 is 0 Å². The van der Waals surface area contributed by atoms with Gasteiger partial charge in [0.15, 0.2) is 0 Å². The first-order valence-electron chi connectivity index (χ1n) is 5.92. The fourth-order valence-electron chi connectivity index (χ4n) is 1.42. The molecule has 0 amide bonds. The lowest BCUT2D eigenvalue weighted by molar-refractivity contribution is 0.428. The third kappa shape index (κ3) is 3.55. The average Bonchev–Trinajstić information content (AvgIpc) is 2.85. The van der Waals surface area contributed by atoms with Crippen LogP contribution in [0.25, 0.3) is 17.8 Å². The molecule has 0 aromatic carbocycles. The number of rotatable bonds is 7. The third-order valence-corrected chi connectivity index (χ3v) is 2.28. The van der Waals surface area contributed by atoms with Crippen LogP contribution in [-0.4, -0.2) is 20.1 Å². The standard InChI is InChI=1S/C16H17N3O/c1-5-9-12-14-13(8-4)17-19(18-14)15(10-6-2)16(20)11-7-3/h5-12,20H,1-4H2/b12-9-,15-10+,16-11+. The van der Waals surface area contributed by atoms with Gasteiger partial charge < -0.3 is 5.11 Å². The molecule has 20 heavy (non-hydrogen) atoms. The molecule has 4 nitrogen and oxygen atoms in total. The monoisotopic (exact) mass is 267 g/mol. The number of hydrogen-bond acceptors (Lipinski definition) is 3. The number of allylic oxidation sites excluding steroid dienone is 7. The Bertz CT molecular complexity index is 616. The average molecular weight is 267 g/mol. The van der Waals surface area contributed by atoms with Crippen LogP contribution in [0, 0.1) is 0 Å². The van der Waals surface area contributed by atoms with Crippen LogP contribution in [0.5, 0.6) is 0 Å².